The molecule has 0 bridgehead atoms. The smallest absolute Gasteiger partial charge is 0.242 e. The van der Waals surface area contributed by atoms with Crippen molar-refractivity contribution < 1.29 is 27.5 Å². The summed E-state index contributed by atoms with van der Waals surface area (Å²) in [4.78, 5) is 27.8. The van der Waals surface area contributed by atoms with Crippen molar-refractivity contribution in [2.45, 2.75) is 65.6 Å². The molecule has 0 saturated carbocycles. The first-order valence-electron chi connectivity index (χ1n) is 12.9. The third-order valence-corrected chi connectivity index (χ3v) is 7.46. The molecule has 2 atom stereocenters. The predicted octanol–water partition coefficient (Wildman–Crippen LogP) is 3.97. The number of hydrogen-bond acceptors (Lipinski definition) is 6. The molecule has 0 aliphatic rings. The lowest BCUT2D eigenvalue weighted by Crippen LogP contribution is -2.49. The van der Waals surface area contributed by atoms with E-state index in [9.17, 15) is 18.0 Å². The van der Waals surface area contributed by atoms with Crippen molar-refractivity contribution in [3.63, 3.8) is 0 Å². The van der Waals surface area contributed by atoms with Crippen LogP contribution < -0.4 is 19.1 Å². The molecular formula is C28H41N3O6S. The highest BCUT2D eigenvalue weighted by Gasteiger charge is 2.27. The van der Waals surface area contributed by atoms with E-state index in [-0.39, 0.29) is 43.8 Å². The number of hydrogen-bond donors (Lipinski definition) is 1. The first kappa shape index (κ1) is 31.0. The van der Waals surface area contributed by atoms with E-state index in [2.05, 4.69) is 5.32 Å². The van der Waals surface area contributed by atoms with Gasteiger partial charge in [-0.15, -0.1) is 0 Å². The third kappa shape index (κ3) is 9.24. The van der Waals surface area contributed by atoms with Crippen LogP contribution in [0.1, 0.15) is 52.5 Å². The maximum absolute atomic E-state index is 13.4. The van der Waals surface area contributed by atoms with E-state index in [0.29, 0.717) is 23.8 Å². The van der Waals surface area contributed by atoms with Crippen molar-refractivity contribution in [2.24, 2.45) is 0 Å². The van der Waals surface area contributed by atoms with Crippen LogP contribution >= 0.6 is 0 Å². The SMILES string of the molecule is CCOc1ccc(N(CCCC(=O)N(Cc2ccc(OC)cc2)[C@H](C)C(=O)N[C@@H](C)CC)S(C)(=O)=O)cc1. The molecule has 2 amide bonds. The molecule has 0 heterocycles. The number of carbonyl (C=O) groups excluding carboxylic acids is 2. The summed E-state index contributed by atoms with van der Waals surface area (Å²) in [5.41, 5.74) is 1.36. The molecule has 0 aliphatic carbocycles. The van der Waals surface area contributed by atoms with Gasteiger partial charge in [-0.3, -0.25) is 13.9 Å². The van der Waals surface area contributed by atoms with Gasteiger partial charge in [0.1, 0.15) is 17.5 Å². The van der Waals surface area contributed by atoms with Crippen molar-refractivity contribution in [3.05, 3.63) is 54.1 Å². The second-order valence-electron chi connectivity index (χ2n) is 9.23. The third-order valence-electron chi connectivity index (χ3n) is 6.27. The molecule has 1 N–H and O–H groups in total. The monoisotopic (exact) mass is 547 g/mol. The number of methoxy groups -OCH3 is 1. The summed E-state index contributed by atoms with van der Waals surface area (Å²) in [6.45, 7) is 8.37. The fraction of sp³-hybridized carbons (Fsp3) is 0.500. The highest BCUT2D eigenvalue weighted by Crippen LogP contribution is 2.23. The number of amides is 2. The first-order chi connectivity index (χ1) is 18.0. The second-order valence-corrected chi connectivity index (χ2v) is 11.1. The van der Waals surface area contributed by atoms with Gasteiger partial charge in [-0.2, -0.15) is 0 Å². The van der Waals surface area contributed by atoms with Gasteiger partial charge < -0.3 is 19.7 Å². The molecule has 0 radical (unpaired) electrons. The zero-order valence-electron chi connectivity index (χ0n) is 23.3. The Morgan fingerprint density at radius 1 is 0.974 bits per heavy atom. The molecular weight excluding hydrogens is 506 g/mol. The Labute approximate surface area is 227 Å². The lowest BCUT2D eigenvalue weighted by Gasteiger charge is -2.30. The average molecular weight is 548 g/mol. The molecule has 38 heavy (non-hydrogen) atoms. The lowest BCUT2D eigenvalue weighted by molar-refractivity contribution is -0.140. The Balaban J connectivity index is 2.16. The number of carbonyl (C=O) groups is 2. The molecule has 9 nitrogen and oxygen atoms in total. The minimum atomic E-state index is -3.57. The van der Waals surface area contributed by atoms with E-state index in [4.69, 9.17) is 9.47 Å². The number of nitrogens with zero attached hydrogens (tertiary/aromatic N) is 2. The van der Waals surface area contributed by atoms with Crippen LogP contribution in [0.2, 0.25) is 0 Å². The van der Waals surface area contributed by atoms with Gasteiger partial charge >= 0.3 is 0 Å². The van der Waals surface area contributed by atoms with Crippen LogP contribution in [-0.4, -0.2) is 63.7 Å². The van der Waals surface area contributed by atoms with Crippen LogP contribution in [0.15, 0.2) is 48.5 Å². The maximum atomic E-state index is 13.4. The Bertz CT molecular complexity index is 1140. The fourth-order valence-corrected chi connectivity index (χ4v) is 4.82. The normalized spacial score (nSPS) is 12.8. The molecule has 10 heteroatoms. The van der Waals surface area contributed by atoms with Crippen LogP contribution in [0.25, 0.3) is 0 Å². The van der Waals surface area contributed by atoms with Crippen LogP contribution in [0.4, 0.5) is 5.69 Å². The van der Waals surface area contributed by atoms with Gasteiger partial charge in [0, 0.05) is 25.6 Å². The summed E-state index contributed by atoms with van der Waals surface area (Å²) in [7, 11) is -1.99. The topological polar surface area (TPSA) is 105 Å². The Morgan fingerprint density at radius 2 is 1.58 bits per heavy atom. The van der Waals surface area contributed by atoms with E-state index < -0.39 is 16.1 Å². The van der Waals surface area contributed by atoms with Crippen molar-refractivity contribution >= 4 is 27.5 Å². The summed E-state index contributed by atoms with van der Waals surface area (Å²) in [6.07, 6.45) is 2.29. The fourth-order valence-electron chi connectivity index (χ4n) is 3.85. The van der Waals surface area contributed by atoms with Crippen LogP contribution in [0, 0.1) is 0 Å². The summed E-state index contributed by atoms with van der Waals surface area (Å²) < 4.78 is 37.0. The quantitative estimate of drug-likeness (QED) is 0.362. The Hall–Kier alpha value is -3.27. The Morgan fingerprint density at radius 3 is 2.11 bits per heavy atom. The maximum Gasteiger partial charge on any atom is 0.242 e. The van der Waals surface area contributed by atoms with E-state index in [1.165, 1.54) is 4.31 Å². The lowest BCUT2D eigenvalue weighted by atomic mass is 10.1. The van der Waals surface area contributed by atoms with Crippen LogP contribution in [-0.2, 0) is 26.2 Å². The number of benzene rings is 2. The molecule has 0 saturated heterocycles. The van der Waals surface area contributed by atoms with Crippen molar-refractivity contribution in [2.75, 3.05) is 30.8 Å². The number of sulfonamides is 1. The van der Waals surface area contributed by atoms with Gasteiger partial charge in [0.15, 0.2) is 0 Å². The first-order valence-corrected chi connectivity index (χ1v) is 14.8. The summed E-state index contributed by atoms with van der Waals surface area (Å²) >= 11 is 0. The van der Waals surface area contributed by atoms with Gasteiger partial charge in [-0.25, -0.2) is 8.42 Å². The molecule has 0 aromatic heterocycles. The summed E-state index contributed by atoms with van der Waals surface area (Å²) in [5, 5.41) is 2.95. The largest absolute Gasteiger partial charge is 0.497 e. The molecule has 0 fully saturated rings. The summed E-state index contributed by atoms with van der Waals surface area (Å²) in [5.74, 6) is 0.893. The average Bonchev–Trinajstić information content (AvgIpc) is 2.89. The van der Waals surface area contributed by atoms with Crippen LogP contribution in [0.3, 0.4) is 0 Å². The van der Waals surface area contributed by atoms with Gasteiger partial charge in [0.25, 0.3) is 0 Å². The molecule has 2 aromatic carbocycles. The van der Waals surface area contributed by atoms with Gasteiger partial charge in [0.2, 0.25) is 21.8 Å². The van der Waals surface area contributed by atoms with Gasteiger partial charge in [-0.05, 0) is 75.6 Å². The number of ether oxygens (including phenoxy) is 2. The number of rotatable bonds is 15. The number of nitrogens with one attached hydrogen (secondary N) is 1. The highest BCUT2D eigenvalue weighted by atomic mass is 32.2. The van der Waals surface area contributed by atoms with Crippen LogP contribution in [0.5, 0.6) is 11.5 Å². The van der Waals surface area contributed by atoms with Crippen molar-refractivity contribution in [3.8, 4) is 11.5 Å². The Kier molecular flexibility index (Phi) is 11.9. The number of anilines is 1. The molecule has 0 aliphatic heterocycles. The predicted molar refractivity (Wildman–Crippen MR) is 150 cm³/mol. The zero-order chi connectivity index (χ0) is 28.3. The molecule has 2 rings (SSSR count). The minimum Gasteiger partial charge on any atom is -0.497 e. The van der Waals surface area contributed by atoms with Crippen molar-refractivity contribution in [1.29, 1.82) is 0 Å². The van der Waals surface area contributed by atoms with E-state index in [0.717, 1.165) is 18.2 Å². The highest BCUT2D eigenvalue weighted by molar-refractivity contribution is 7.92. The van der Waals surface area contributed by atoms with E-state index in [1.54, 1.807) is 43.2 Å². The molecule has 2 aromatic rings. The van der Waals surface area contributed by atoms with Gasteiger partial charge in [-0.1, -0.05) is 19.1 Å². The standard InChI is InChI=1S/C28H41N3O6S/c1-7-21(3)29-28(33)22(4)30(20-23-11-15-25(36-5)16-12-23)27(32)10-9-19-31(38(6,34)35)24-13-17-26(18-14-24)37-8-2/h11-18,21-22H,7-10,19-20H2,1-6H3,(H,29,33)/t21-,22+/m0/s1. The minimum absolute atomic E-state index is 0.0136. The summed E-state index contributed by atoms with van der Waals surface area (Å²) in [6, 6.07) is 13.4. The van der Waals surface area contributed by atoms with E-state index >= 15 is 0 Å². The second kappa shape index (κ2) is 14.6. The van der Waals surface area contributed by atoms with Crippen molar-refractivity contribution in [1.82, 2.24) is 10.2 Å². The molecule has 0 unspecified atom stereocenters. The molecule has 0 spiro atoms. The molecule has 210 valence electrons. The van der Waals surface area contributed by atoms with E-state index in [1.807, 2.05) is 45.0 Å². The zero-order valence-corrected chi connectivity index (χ0v) is 24.1. The van der Waals surface area contributed by atoms with Gasteiger partial charge in [0.05, 0.1) is 25.7 Å².